The van der Waals surface area contributed by atoms with Gasteiger partial charge in [-0.1, -0.05) is 19.9 Å². The third kappa shape index (κ3) is 2.71. The second kappa shape index (κ2) is 5.73. The van der Waals surface area contributed by atoms with Gasteiger partial charge in [-0.25, -0.2) is 9.67 Å². The molecule has 0 saturated heterocycles. The summed E-state index contributed by atoms with van der Waals surface area (Å²) >= 11 is 0. The van der Waals surface area contributed by atoms with E-state index in [4.69, 9.17) is 15.2 Å². The second-order valence-electron chi connectivity index (χ2n) is 5.05. The molecule has 1 aromatic carbocycles. The van der Waals surface area contributed by atoms with Gasteiger partial charge in [-0.3, -0.25) is 0 Å². The number of nitrogens with zero attached hydrogens (tertiary/aromatic N) is 3. The molecule has 1 unspecified atom stereocenters. The average Bonchev–Trinajstić information content (AvgIpc) is 3.12. The Morgan fingerprint density at radius 3 is 2.81 bits per heavy atom. The van der Waals surface area contributed by atoms with Crippen LogP contribution in [0.1, 0.15) is 37.1 Å². The Labute approximate surface area is 123 Å². The predicted molar refractivity (Wildman–Crippen MR) is 78.3 cm³/mol. The van der Waals surface area contributed by atoms with Crippen LogP contribution < -0.4 is 15.2 Å². The SMILES string of the molecule is CCc1nc(CC)n(CC(N)c2ccc3c(c2)OCO3)n1. The molecule has 0 aliphatic carbocycles. The number of hydrogen-bond acceptors (Lipinski definition) is 5. The monoisotopic (exact) mass is 288 g/mol. The Bertz CT molecular complexity index is 639. The van der Waals surface area contributed by atoms with Crippen LogP contribution in [0.3, 0.4) is 0 Å². The van der Waals surface area contributed by atoms with Gasteiger partial charge in [0, 0.05) is 18.9 Å². The van der Waals surface area contributed by atoms with Crippen LogP contribution in [0.2, 0.25) is 0 Å². The maximum atomic E-state index is 6.31. The molecule has 1 aliphatic rings. The lowest BCUT2D eigenvalue weighted by Gasteiger charge is -2.13. The van der Waals surface area contributed by atoms with Crippen LogP contribution in [0.5, 0.6) is 11.5 Å². The Kier molecular flexibility index (Phi) is 3.79. The molecule has 2 N–H and O–H groups in total. The third-order valence-electron chi connectivity index (χ3n) is 3.62. The zero-order chi connectivity index (χ0) is 14.8. The van der Waals surface area contributed by atoms with E-state index in [0.29, 0.717) is 6.54 Å². The van der Waals surface area contributed by atoms with E-state index >= 15 is 0 Å². The fourth-order valence-corrected chi connectivity index (χ4v) is 2.42. The summed E-state index contributed by atoms with van der Waals surface area (Å²) in [6.07, 6.45) is 1.68. The van der Waals surface area contributed by atoms with Crippen LogP contribution >= 0.6 is 0 Å². The zero-order valence-corrected chi connectivity index (χ0v) is 12.4. The molecule has 1 atom stereocenters. The Morgan fingerprint density at radius 1 is 1.24 bits per heavy atom. The average molecular weight is 288 g/mol. The minimum absolute atomic E-state index is 0.156. The van der Waals surface area contributed by atoms with E-state index in [0.717, 1.165) is 41.6 Å². The lowest BCUT2D eigenvalue weighted by Crippen LogP contribution is -2.20. The summed E-state index contributed by atoms with van der Waals surface area (Å²) in [7, 11) is 0. The quantitative estimate of drug-likeness (QED) is 0.908. The minimum atomic E-state index is -0.156. The van der Waals surface area contributed by atoms with E-state index in [2.05, 4.69) is 23.9 Å². The molecule has 0 fully saturated rings. The van der Waals surface area contributed by atoms with Crippen molar-refractivity contribution < 1.29 is 9.47 Å². The summed E-state index contributed by atoms with van der Waals surface area (Å²) in [5, 5.41) is 4.51. The van der Waals surface area contributed by atoms with E-state index in [1.54, 1.807) is 0 Å². The number of aryl methyl sites for hydroxylation is 2. The third-order valence-corrected chi connectivity index (χ3v) is 3.62. The summed E-state index contributed by atoms with van der Waals surface area (Å²) in [4.78, 5) is 4.50. The van der Waals surface area contributed by atoms with Gasteiger partial charge >= 0.3 is 0 Å². The molecule has 0 saturated carbocycles. The molecule has 6 heteroatoms. The van der Waals surface area contributed by atoms with Gasteiger partial charge in [0.1, 0.15) is 5.82 Å². The summed E-state index contributed by atoms with van der Waals surface area (Å²) in [6, 6.07) is 5.66. The Hall–Kier alpha value is -2.08. The molecule has 21 heavy (non-hydrogen) atoms. The van der Waals surface area contributed by atoms with E-state index in [9.17, 15) is 0 Å². The first kappa shape index (κ1) is 13.9. The molecular formula is C15H20N4O2. The molecule has 6 nitrogen and oxygen atoms in total. The number of rotatable bonds is 5. The van der Waals surface area contributed by atoms with Crippen molar-refractivity contribution in [1.82, 2.24) is 14.8 Å². The highest BCUT2D eigenvalue weighted by molar-refractivity contribution is 5.45. The van der Waals surface area contributed by atoms with Crippen molar-refractivity contribution in [2.75, 3.05) is 6.79 Å². The van der Waals surface area contributed by atoms with Crippen molar-refractivity contribution in [3.05, 3.63) is 35.4 Å². The van der Waals surface area contributed by atoms with Crippen LogP contribution in [0.25, 0.3) is 0 Å². The first-order valence-corrected chi connectivity index (χ1v) is 7.29. The summed E-state index contributed by atoms with van der Waals surface area (Å²) < 4.78 is 12.6. The van der Waals surface area contributed by atoms with Gasteiger partial charge in [0.25, 0.3) is 0 Å². The molecule has 3 rings (SSSR count). The molecular weight excluding hydrogens is 268 g/mol. The van der Waals surface area contributed by atoms with Crippen molar-refractivity contribution in [2.45, 2.75) is 39.3 Å². The van der Waals surface area contributed by atoms with Gasteiger partial charge in [0.15, 0.2) is 17.3 Å². The normalized spacial score (nSPS) is 14.4. The van der Waals surface area contributed by atoms with Crippen LogP contribution in [0.15, 0.2) is 18.2 Å². The first-order chi connectivity index (χ1) is 10.2. The molecule has 0 spiro atoms. The Balaban J connectivity index is 1.79. The number of nitrogens with two attached hydrogens (primary N) is 1. The largest absolute Gasteiger partial charge is 0.454 e. The number of ether oxygens (including phenoxy) is 2. The van der Waals surface area contributed by atoms with Crippen molar-refractivity contribution >= 4 is 0 Å². The summed E-state index contributed by atoms with van der Waals surface area (Å²) in [5.74, 6) is 3.37. The van der Waals surface area contributed by atoms with Gasteiger partial charge in [-0.2, -0.15) is 5.10 Å². The molecule has 2 heterocycles. The minimum Gasteiger partial charge on any atom is -0.454 e. The summed E-state index contributed by atoms with van der Waals surface area (Å²) in [6.45, 7) is 5.01. The number of aromatic nitrogens is 3. The maximum Gasteiger partial charge on any atom is 0.231 e. The zero-order valence-electron chi connectivity index (χ0n) is 12.4. The highest BCUT2D eigenvalue weighted by Gasteiger charge is 2.17. The van der Waals surface area contributed by atoms with E-state index in [1.807, 2.05) is 22.9 Å². The lowest BCUT2D eigenvalue weighted by molar-refractivity contribution is 0.174. The molecule has 0 radical (unpaired) electrons. The van der Waals surface area contributed by atoms with Crippen LogP contribution in [0.4, 0.5) is 0 Å². The molecule has 1 aromatic heterocycles. The van der Waals surface area contributed by atoms with Crippen molar-refractivity contribution in [3.63, 3.8) is 0 Å². The Morgan fingerprint density at radius 2 is 2.05 bits per heavy atom. The first-order valence-electron chi connectivity index (χ1n) is 7.29. The van der Waals surface area contributed by atoms with Gasteiger partial charge in [-0.15, -0.1) is 0 Å². The molecule has 2 aromatic rings. The van der Waals surface area contributed by atoms with Crippen LogP contribution in [0, 0.1) is 0 Å². The topological polar surface area (TPSA) is 75.2 Å². The van der Waals surface area contributed by atoms with Crippen LogP contribution in [-0.2, 0) is 19.4 Å². The molecule has 0 amide bonds. The van der Waals surface area contributed by atoms with Gasteiger partial charge in [0.05, 0.1) is 6.54 Å². The standard InChI is InChI=1S/C15H20N4O2/c1-3-14-17-15(4-2)19(18-14)8-11(16)10-5-6-12-13(7-10)21-9-20-12/h5-7,11H,3-4,8-9,16H2,1-2H3. The number of benzene rings is 1. The lowest BCUT2D eigenvalue weighted by atomic mass is 10.1. The fourth-order valence-electron chi connectivity index (χ4n) is 2.42. The van der Waals surface area contributed by atoms with Crippen molar-refractivity contribution in [3.8, 4) is 11.5 Å². The van der Waals surface area contributed by atoms with Gasteiger partial charge < -0.3 is 15.2 Å². The number of fused-ring (bicyclic) bond motifs is 1. The maximum absolute atomic E-state index is 6.31. The smallest absolute Gasteiger partial charge is 0.231 e. The van der Waals surface area contributed by atoms with Gasteiger partial charge in [-0.05, 0) is 17.7 Å². The molecule has 0 bridgehead atoms. The molecule has 1 aliphatic heterocycles. The predicted octanol–water partition coefficient (Wildman–Crippen LogP) is 1.83. The van der Waals surface area contributed by atoms with Crippen LogP contribution in [-0.4, -0.2) is 21.6 Å². The summed E-state index contributed by atoms with van der Waals surface area (Å²) in [5.41, 5.74) is 7.32. The number of hydrogen-bond donors (Lipinski definition) is 1. The second-order valence-corrected chi connectivity index (χ2v) is 5.05. The molecule has 112 valence electrons. The van der Waals surface area contributed by atoms with E-state index in [-0.39, 0.29) is 12.8 Å². The fraction of sp³-hybridized carbons (Fsp3) is 0.467. The highest BCUT2D eigenvalue weighted by Crippen LogP contribution is 2.34. The van der Waals surface area contributed by atoms with Crippen molar-refractivity contribution in [2.24, 2.45) is 5.73 Å². The van der Waals surface area contributed by atoms with Gasteiger partial charge in [0.2, 0.25) is 6.79 Å². The highest BCUT2D eigenvalue weighted by atomic mass is 16.7. The van der Waals surface area contributed by atoms with Crippen molar-refractivity contribution in [1.29, 1.82) is 0 Å². The van der Waals surface area contributed by atoms with E-state index in [1.165, 1.54) is 0 Å². The van der Waals surface area contributed by atoms with E-state index < -0.39 is 0 Å².